The predicted octanol–water partition coefficient (Wildman–Crippen LogP) is 1.93. The molecule has 1 atom stereocenters. The van der Waals surface area contributed by atoms with E-state index in [-0.39, 0.29) is 0 Å². The van der Waals surface area contributed by atoms with E-state index in [1.807, 2.05) is 0 Å². The van der Waals surface area contributed by atoms with Crippen molar-refractivity contribution >= 4 is 27.3 Å². The zero-order valence-corrected chi connectivity index (χ0v) is 11.8. The van der Waals surface area contributed by atoms with Crippen LogP contribution in [-0.2, 0) is 11.3 Å². The first-order valence-electron chi connectivity index (χ1n) is 5.46. The summed E-state index contributed by atoms with van der Waals surface area (Å²) in [5, 5.41) is 5.60. The lowest BCUT2D eigenvalue weighted by molar-refractivity contribution is 0.0646. The van der Waals surface area contributed by atoms with Gasteiger partial charge in [-0.15, -0.1) is 11.3 Å². The van der Waals surface area contributed by atoms with Crippen molar-refractivity contribution in [1.29, 1.82) is 0 Å². The molecule has 90 valence electrons. The third kappa shape index (κ3) is 3.82. The molecule has 16 heavy (non-hydrogen) atoms. The fraction of sp³-hybridized carbons (Fsp3) is 0.636. The summed E-state index contributed by atoms with van der Waals surface area (Å²) in [7, 11) is 2.16. The van der Waals surface area contributed by atoms with Gasteiger partial charge in [0.25, 0.3) is 0 Å². The average molecular weight is 305 g/mol. The van der Waals surface area contributed by atoms with Gasteiger partial charge >= 0.3 is 0 Å². The summed E-state index contributed by atoms with van der Waals surface area (Å²) in [5.74, 6) is 0. The van der Waals surface area contributed by atoms with Crippen LogP contribution < -0.4 is 5.32 Å². The first-order chi connectivity index (χ1) is 7.74. The van der Waals surface area contributed by atoms with Gasteiger partial charge in [-0.25, -0.2) is 0 Å². The monoisotopic (exact) mass is 304 g/mol. The van der Waals surface area contributed by atoms with Crippen LogP contribution in [0.2, 0.25) is 0 Å². The van der Waals surface area contributed by atoms with E-state index in [0.717, 1.165) is 32.8 Å². The highest BCUT2D eigenvalue weighted by molar-refractivity contribution is 9.10. The number of nitrogens with one attached hydrogen (secondary N) is 1. The SMILES string of the molecule is CN(Cc1cc(Br)cs1)CC1COCCN1. The molecule has 1 saturated heterocycles. The highest BCUT2D eigenvalue weighted by Gasteiger charge is 2.15. The minimum atomic E-state index is 0.474. The van der Waals surface area contributed by atoms with E-state index in [0.29, 0.717) is 6.04 Å². The molecular weight excluding hydrogens is 288 g/mol. The van der Waals surface area contributed by atoms with E-state index in [1.54, 1.807) is 11.3 Å². The third-order valence-electron chi connectivity index (χ3n) is 2.58. The van der Waals surface area contributed by atoms with E-state index in [4.69, 9.17) is 4.74 Å². The topological polar surface area (TPSA) is 24.5 Å². The zero-order valence-electron chi connectivity index (χ0n) is 9.41. The van der Waals surface area contributed by atoms with Crippen molar-refractivity contribution in [2.75, 3.05) is 33.4 Å². The van der Waals surface area contributed by atoms with Crippen molar-refractivity contribution in [2.45, 2.75) is 12.6 Å². The molecule has 0 radical (unpaired) electrons. The van der Waals surface area contributed by atoms with E-state index in [9.17, 15) is 0 Å². The number of thiophene rings is 1. The maximum atomic E-state index is 5.44. The molecule has 1 unspecified atom stereocenters. The molecule has 1 N–H and O–H groups in total. The van der Waals surface area contributed by atoms with Gasteiger partial charge in [-0.05, 0) is 29.0 Å². The minimum Gasteiger partial charge on any atom is -0.378 e. The summed E-state index contributed by atoms with van der Waals surface area (Å²) < 4.78 is 6.62. The third-order valence-corrected chi connectivity index (χ3v) is 4.26. The normalized spacial score (nSPS) is 21.6. The molecule has 1 aliphatic heterocycles. The maximum absolute atomic E-state index is 5.44. The van der Waals surface area contributed by atoms with Crippen LogP contribution >= 0.6 is 27.3 Å². The minimum absolute atomic E-state index is 0.474. The van der Waals surface area contributed by atoms with Crippen molar-refractivity contribution in [2.24, 2.45) is 0 Å². The van der Waals surface area contributed by atoms with E-state index < -0.39 is 0 Å². The van der Waals surface area contributed by atoms with Gasteiger partial charge in [0, 0.05) is 40.4 Å². The zero-order chi connectivity index (χ0) is 11.4. The number of hydrogen-bond acceptors (Lipinski definition) is 4. The van der Waals surface area contributed by atoms with Gasteiger partial charge in [0.05, 0.1) is 13.2 Å². The largest absolute Gasteiger partial charge is 0.378 e. The number of rotatable bonds is 4. The number of ether oxygens (including phenoxy) is 1. The Labute approximate surface area is 109 Å². The highest BCUT2D eigenvalue weighted by atomic mass is 79.9. The quantitative estimate of drug-likeness (QED) is 0.920. The molecule has 1 aromatic heterocycles. The molecule has 2 heterocycles. The molecule has 5 heteroatoms. The van der Waals surface area contributed by atoms with Gasteiger partial charge in [-0.1, -0.05) is 0 Å². The van der Waals surface area contributed by atoms with Crippen LogP contribution in [0, 0.1) is 0 Å². The van der Waals surface area contributed by atoms with Gasteiger partial charge in [-0.2, -0.15) is 0 Å². The van der Waals surface area contributed by atoms with Gasteiger partial charge in [0.1, 0.15) is 0 Å². The second kappa shape index (κ2) is 6.12. The van der Waals surface area contributed by atoms with E-state index in [2.05, 4.69) is 44.6 Å². The second-order valence-electron chi connectivity index (χ2n) is 4.15. The van der Waals surface area contributed by atoms with Crippen molar-refractivity contribution in [1.82, 2.24) is 10.2 Å². The predicted molar refractivity (Wildman–Crippen MR) is 71.0 cm³/mol. The van der Waals surface area contributed by atoms with Gasteiger partial charge < -0.3 is 10.1 Å². The summed E-state index contributed by atoms with van der Waals surface area (Å²) in [6.45, 7) is 4.70. The lowest BCUT2D eigenvalue weighted by atomic mass is 10.2. The molecule has 0 saturated carbocycles. The Hall–Kier alpha value is 0.0600. The number of nitrogens with zero attached hydrogens (tertiary/aromatic N) is 1. The molecule has 0 aromatic carbocycles. The van der Waals surface area contributed by atoms with E-state index >= 15 is 0 Å². The number of hydrogen-bond donors (Lipinski definition) is 1. The smallest absolute Gasteiger partial charge is 0.0632 e. The molecular formula is C11H17BrN2OS. The summed E-state index contributed by atoms with van der Waals surface area (Å²) in [6, 6.07) is 2.66. The van der Waals surface area contributed by atoms with Gasteiger partial charge in [0.2, 0.25) is 0 Å². The van der Waals surface area contributed by atoms with Crippen molar-refractivity contribution in [3.05, 3.63) is 20.8 Å². The Morgan fingerprint density at radius 1 is 1.69 bits per heavy atom. The molecule has 1 aromatic rings. The van der Waals surface area contributed by atoms with Crippen molar-refractivity contribution in [3.63, 3.8) is 0 Å². The first-order valence-corrected chi connectivity index (χ1v) is 7.14. The highest BCUT2D eigenvalue weighted by Crippen LogP contribution is 2.20. The summed E-state index contributed by atoms with van der Waals surface area (Å²) >= 11 is 5.28. The fourth-order valence-corrected chi connectivity index (χ4v) is 3.41. The Balaban J connectivity index is 1.77. The second-order valence-corrected chi connectivity index (χ2v) is 6.07. The molecule has 0 aliphatic carbocycles. The number of morpholine rings is 1. The molecule has 0 bridgehead atoms. The van der Waals surface area contributed by atoms with Crippen LogP contribution in [0.5, 0.6) is 0 Å². The Morgan fingerprint density at radius 2 is 2.56 bits per heavy atom. The number of likely N-dealkylation sites (N-methyl/N-ethyl adjacent to an activating group) is 1. The molecule has 1 aliphatic rings. The Kier molecular flexibility index (Phi) is 4.79. The first kappa shape index (κ1) is 12.5. The summed E-state index contributed by atoms with van der Waals surface area (Å²) in [6.07, 6.45) is 0. The maximum Gasteiger partial charge on any atom is 0.0632 e. The molecule has 3 nitrogen and oxygen atoms in total. The standard InChI is InChI=1S/C11H17BrN2OS/c1-14(5-10-7-15-3-2-13-10)6-11-4-9(12)8-16-11/h4,8,10,13H,2-3,5-7H2,1H3. The lowest BCUT2D eigenvalue weighted by Crippen LogP contribution is -2.47. The summed E-state index contributed by atoms with van der Waals surface area (Å²) in [4.78, 5) is 3.73. The fourth-order valence-electron chi connectivity index (χ4n) is 1.88. The molecule has 1 fully saturated rings. The molecule has 2 rings (SSSR count). The Bertz CT molecular complexity index is 326. The van der Waals surface area contributed by atoms with Crippen LogP contribution in [0.3, 0.4) is 0 Å². The van der Waals surface area contributed by atoms with Crippen LogP contribution in [0.15, 0.2) is 15.9 Å². The molecule has 0 amide bonds. The Morgan fingerprint density at radius 3 is 3.19 bits per heavy atom. The number of halogens is 1. The van der Waals surface area contributed by atoms with Crippen molar-refractivity contribution in [3.8, 4) is 0 Å². The van der Waals surface area contributed by atoms with Gasteiger partial charge in [-0.3, -0.25) is 4.90 Å². The van der Waals surface area contributed by atoms with Crippen LogP contribution in [0.25, 0.3) is 0 Å². The lowest BCUT2D eigenvalue weighted by Gasteiger charge is -2.27. The van der Waals surface area contributed by atoms with Crippen LogP contribution in [0.1, 0.15) is 4.88 Å². The van der Waals surface area contributed by atoms with Crippen molar-refractivity contribution < 1.29 is 4.74 Å². The average Bonchev–Trinajstić information content (AvgIpc) is 2.65. The van der Waals surface area contributed by atoms with Crippen LogP contribution in [0.4, 0.5) is 0 Å². The molecule has 0 spiro atoms. The van der Waals surface area contributed by atoms with E-state index in [1.165, 1.54) is 9.35 Å². The summed E-state index contributed by atoms with van der Waals surface area (Å²) in [5.41, 5.74) is 0. The van der Waals surface area contributed by atoms with Crippen LogP contribution in [-0.4, -0.2) is 44.3 Å². The van der Waals surface area contributed by atoms with Gasteiger partial charge in [0.15, 0.2) is 0 Å².